The molecule has 1 unspecified atom stereocenters. The van der Waals surface area contributed by atoms with Crippen molar-refractivity contribution < 1.29 is 97.8 Å². The van der Waals surface area contributed by atoms with Gasteiger partial charge in [-0.3, -0.25) is 14.4 Å². The van der Waals surface area contributed by atoms with Crippen LogP contribution in [0.4, 0.5) is 73.6 Å². The Bertz CT molecular complexity index is 3930. The average molecular weight is 1610 g/mol. The first-order valence-electron chi connectivity index (χ1n) is 38.6. The van der Waals surface area contributed by atoms with E-state index in [0.29, 0.717) is 158 Å². The Morgan fingerprint density at radius 3 is 1.08 bits per heavy atom. The van der Waals surface area contributed by atoms with Crippen LogP contribution in [0.5, 0.6) is 0 Å². The Hall–Kier alpha value is -9.88. The number of benzene rings is 5. The summed E-state index contributed by atoms with van der Waals surface area (Å²) in [5.41, 5.74) is 3.75. The zero-order valence-electron chi connectivity index (χ0n) is 67.6. The number of anilines is 5. The number of aldehydes is 1. The number of piperazine rings is 5. The number of hydrogen-bond donors (Lipinski definition) is 3. The van der Waals surface area contributed by atoms with E-state index in [9.17, 15) is 64.3 Å². The van der Waals surface area contributed by atoms with Crippen LogP contribution in [0.2, 0.25) is 0 Å². The van der Waals surface area contributed by atoms with Crippen molar-refractivity contribution in [3.8, 4) is 0 Å². The number of halogens is 7. The first kappa shape index (κ1) is 93.0. The van der Waals surface area contributed by atoms with Gasteiger partial charge in [0.2, 0.25) is 0 Å². The molecule has 0 aromatic heterocycles. The number of carbonyl (C=O) groups is 7. The van der Waals surface area contributed by atoms with E-state index in [4.69, 9.17) is 33.5 Å². The molecular formula is C83H113F7N10O14. The number of alkyl halides is 3. The minimum absolute atomic E-state index is 0.124. The second-order valence-electron chi connectivity index (χ2n) is 30.2. The molecule has 0 spiro atoms. The Labute approximate surface area is 664 Å². The standard InChI is InChI=1S/C20H29FN2O4.C20H27FN2O4.C16H21FN2O3.C15H21FN2O2.C12H15F3N2O/c2*1-5-26-18(24)9-7-15-6-8-17(16(21)14-15)22-10-12-23(13-11-22)19(25)27-20(2,3)4;1-16(2,3)22-15(21)19-8-6-18(7-9-19)14-5-4-12(11-20)10-13(14)17;1-2-20-15(19)6-4-12-3-5-14(13(16)11-12)18-9-7-17-8-10-18;13-12(14,15)11(18)9-1-3-10(4-2-9)17-7-5-16-6-8-17/h6,8,14H,5,7,9-13H2,1-4H3;6-9,14H,5,10-13H2,1-4H3;4-5,10-11H,6-9H2,1-3H3;3,5,11,17H,2,4,6-10H2,1H3;1-4,11,16,18H,5-8H2/b;9-7-;;;. The normalized spacial score (nSPS) is 15.8. The highest BCUT2D eigenvalue weighted by molar-refractivity contribution is 5.87. The maximum Gasteiger partial charge on any atom is 0.418 e. The Balaban J connectivity index is 0.000000224. The predicted octanol–water partition coefficient (Wildman–Crippen LogP) is 13.0. The number of esters is 3. The quantitative estimate of drug-likeness (QED) is 0.0243. The van der Waals surface area contributed by atoms with E-state index in [1.807, 2.05) is 94.0 Å². The summed E-state index contributed by atoms with van der Waals surface area (Å²) in [5.74, 6) is -2.29. The molecule has 5 fully saturated rings. The van der Waals surface area contributed by atoms with E-state index < -0.39 is 40.9 Å². The van der Waals surface area contributed by atoms with Gasteiger partial charge in [-0.1, -0.05) is 30.3 Å². The summed E-state index contributed by atoms with van der Waals surface area (Å²) < 4.78 is 125. The van der Waals surface area contributed by atoms with Crippen LogP contribution < -0.4 is 35.1 Å². The van der Waals surface area contributed by atoms with Crippen molar-refractivity contribution in [2.24, 2.45) is 0 Å². The molecule has 0 aliphatic carbocycles. The van der Waals surface area contributed by atoms with Crippen molar-refractivity contribution >= 4 is 77.0 Å². The van der Waals surface area contributed by atoms with Crippen molar-refractivity contribution in [3.05, 3.63) is 154 Å². The third-order valence-corrected chi connectivity index (χ3v) is 17.9. The second kappa shape index (κ2) is 44.7. The first-order valence-corrected chi connectivity index (χ1v) is 38.6. The van der Waals surface area contributed by atoms with Gasteiger partial charge in [-0.15, -0.1) is 0 Å². The molecule has 5 aliphatic rings. The third kappa shape index (κ3) is 31.8. The van der Waals surface area contributed by atoms with Gasteiger partial charge in [0.15, 0.2) is 6.10 Å². The number of aliphatic hydroxyl groups is 1. The molecule has 0 saturated carbocycles. The van der Waals surface area contributed by atoms with E-state index in [1.165, 1.54) is 48.6 Å². The van der Waals surface area contributed by atoms with E-state index in [-0.39, 0.29) is 59.7 Å². The molecule has 5 aromatic rings. The van der Waals surface area contributed by atoms with E-state index >= 15 is 0 Å². The average Bonchev–Trinajstić information content (AvgIpc) is 0.847. The summed E-state index contributed by atoms with van der Waals surface area (Å²) in [6.45, 7) is 35.6. The summed E-state index contributed by atoms with van der Waals surface area (Å²) >= 11 is 0. The predicted molar refractivity (Wildman–Crippen MR) is 424 cm³/mol. The number of carbonyl (C=O) groups excluding carboxylic acids is 7. The van der Waals surface area contributed by atoms with Gasteiger partial charge in [-0.05, 0) is 191 Å². The molecule has 5 aliphatic heterocycles. The van der Waals surface area contributed by atoms with E-state index in [0.717, 1.165) is 69.2 Å². The van der Waals surface area contributed by atoms with Crippen LogP contribution in [-0.2, 0) is 55.6 Å². The van der Waals surface area contributed by atoms with Crippen molar-refractivity contribution in [3.63, 3.8) is 0 Å². The molecule has 5 heterocycles. The van der Waals surface area contributed by atoms with Gasteiger partial charge in [0, 0.05) is 161 Å². The second-order valence-corrected chi connectivity index (χ2v) is 30.2. The molecule has 0 bridgehead atoms. The lowest BCUT2D eigenvalue weighted by Gasteiger charge is -2.36. The SMILES string of the molecule is CC(C)(C)OC(=O)N1CCN(c2ccc(C=O)cc2F)CC1.CCOC(=O)/C=C\c1ccc(N2CCN(C(=O)OC(C)(C)C)CC2)c(F)c1.CCOC(=O)CCc1ccc(N2CCN(C(=O)OC(C)(C)C)CC2)c(F)c1.CCOC(=O)CCc1ccc(N2CCNCC2)c(F)c1.OC(c1ccc(N2CCNCC2)cc1)C(F)(F)F. The smallest absolute Gasteiger partial charge is 0.418 e. The van der Waals surface area contributed by atoms with Crippen molar-refractivity contribution in [2.75, 3.05) is 175 Å². The van der Waals surface area contributed by atoms with Crippen LogP contribution in [0.15, 0.2) is 103 Å². The fraction of sp³-hybridized carbons (Fsp3) is 0.530. The Kier molecular flexibility index (Phi) is 36.5. The highest BCUT2D eigenvalue weighted by Gasteiger charge is 2.39. The number of aliphatic hydroxyl groups excluding tert-OH is 1. The van der Waals surface area contributed by atoms with Crippen LogP contribution in [0.25, 0.3) is 6.08 Å². The van der Waals surface area contributed by atoms with Crippen LogP contribution in [0.3, 0.4) is 0 Å². The summed E-state index contributed by atoms with van der Waals surface area (Å²) in [5, 5.41) is 15.6. The molecule has 628 valence electrons. The topological polar surface area (TPSA) is 245 Å². The number of hydrogen-bond acceptors (Lipinski definition) is 21. The molecule has 31 heteroatoms. The maximum absolute atomic E-state index is 14.5. The summed E-state index contributed by atoms with van der Waals surface area (Å²) in [4.78, 5) is 95.6. The summed E-state index contributed by atoms with van der Waals surface area (Å²) in [6.07, 6.45) is -3.15. The zero-order valence-corrected chi connectivity index (χ0v) is 67.6. The van der Waals surface area contributed by atoms with Crippen LogP contribution >= 0.6 is 0 Å². The highest BCUT2D eigenvalue weighted by atomic mass is 19.4. The fourth-order valence-corrected chi connectivity index (χ4v) is 12.2. The molecule has 3 amide bonds. The lowest BCUT2D eigenvalue weighted by Crippen LogP contribution is -2.50. The monoisotopic (exact) mass is 1610 g/mol. The maximum atomic E-state index is 14.5. The summed E-state index contributed by atoms with van der Waals surface area (Å²) in [6, 6.07) is 25.4. The Morgan fingerprint density at radius 1 is 0.430 bits per heavy atom. The number of aryl methyl sites for hydroxylation is 2. The van der Waals surface area contributed by atoms with Gasteiger partial charge >= 0.3 is 42.4 Å². The molecule has 5 saturated heterocycles. The number of ether oxygens (including phenoxy) is 6. The first-order chi connectivity index (χ1) is 53.9. The van der Waals surface area contributed by atoms with Gasteiger partial charge in [-0.2, -0.15) is 13.2 Å². The lowest BCUT2D eigenvalue weighted by molar-refractivity contribution is -0.206. The number of nitrogens with one attached hydrogen (secondary N) is 2. The van der Waals surface area contributed by atoms with Gasteiger partial charge in [0.25, 0.3) is 0 Å². The fourth-order valence-electron chi connectivity index (χ4n) is 12.2. The third-order valence-electron chi connectivity index (χ3n) is 17.9. The van der Waals surface area contributed by atoms with Gasteiger partial charge in [-0.25, -0.2) is 36.7 Å². The van der Waals surface area contributed by atoms with E-state index in [2.05, 4.69) is 15.5 Å². The molecule has 5 aromatic carbocycles. The van der Waals surface area contributed by atoms with Gasteiger partial charge in [0.05, 0.1) is 42.6 Å². The van der Waals surface area contributed by atoms with Crippen molar-refractivity contribution in [1.29, 1.82) is 0 Å². The number of nitrogens with zero attached hydrogens (tertiary/aromatic N) is 8. The Morgan fingerprint density at radius 2 is 0.754 bits per heavy atom. The summed E-state index contributed by atoms with van der Waals surface area (Å²) in [7, 11) is 0. The molecular weight excluding hydrogens is 1490 g/mol. The van der Waals surface area contributed by atoms with Crippen LogP contribution in [0.1, 0.15) is 135 Å². The molecule has 24 nitrogen and oxygen atoms in total. The lowest BCUT2D eigenvalue weighted by atomic mass is 10.1. The molecule has 1 atom stereocenters. The van der Waals surface area contributed by atoms with Gasteiger partial charge < -0.3 is 83.4 Å². The molecule has 3 N–H and O–H groups in total. The largest absolute Gasteiger partial charge is 0.466 e. The number of amides is 3. The molecule has 10 rings (SSSR count). The van der Waals surface area contributed by atoms with Gasteiger partial charge in [0.1, 0.15) is 46.4 Å². The van der Waals surface area contributed by atoms with Crippen molar-refractivity contribution in [1.82, 2.24) is 25.3 Å². The van der Waals surface area contributed by atoms with E-state index in [1.54, 1.807) is 84.0 Å². The van der Waals surface area contributed by atoms with Crippen molar-refractivity contribution in [2.45, 2.75) is 138 Å². The minimum atomic E-state index is -4.61. The highest BCUT2D eigenvalue weighted by Crippen LogP contribution is 2.34. The zero-order chi connectivity index (χ0) is 83.9. The molecule has 0 radical (unpaired) electrons. The van der Waals surface area contributed by atoms with Crippen LogP contribution in [-0.4, -0.2) is 236 Å². The minimum Gasteiger partial charge on any atom is -0.466 e. The number of rotatable bonds is 18. The molecule has 114 heavy (non-hydrogen) atoms. The van der Waals surface area contributed by atoms with Crippen LogP contribution in [0, 0.1) is 23.3 Å².